The van der Waals surface area contributed by atoms with E-state index < -0.39 is 15.9 Å². The van der Waals surface area contributed by atoms with Gasteiger partial charge in [-0.25, -0.2) is 0 Å². The summed E-state index contributed by atoms with van der Waals surface area (Å²) >= 11 is 0. The van der Waals surface area contributed by atoms with Gasteiger partial charge >= 0.3 is 0 Å². The fraction of sp³-hybridized carbons (Fsp3) is 0.625. The summed E-state index contributed by atoms with van der Waals surface area (Å²) in [6.45, 7) is 2.80. The molecule has 0 aliphatic carbocycles. The Bertz CT molecular complexity index is 602. The quantitative estimate of drug-likeness (QED) is 0.779. The minimum absolute atomic E-state index is 0.0197. The topological polar surface area (TPSA) is 61.8 Å². The molecule has 2 atom stereocenters. The lowest BCUT2D eigenvalue weighted by atomic mass is 10.1. The number of aryl methyl sites for hydroxylation is 1. The van der Waals surface area contributed by atoms with Crippen molar-refractivity contribution < 1.29 is 22.1 Å². The zero-order chi connectivity index (χ0) is 15.6. The van der Waals surface area contributed by atoms with Gasteiger partial charge in [0.1, 0.15) is 0 Å². The SMILES string of the molecule is Cc1ccc(S(=O)(=O)OCC[C@H]2CC[C@@]3(CCCO3)O2)cc1. The zero-order valence-electron chi connectivity index (χ0n) is 12.8. The van der Waals surface area contributed by atoms with Crippen LogP contribution >= 0.6 is 0 Å². The molecule has 0 aromatic heterocycles. The molecule has 2 aliphatic heterocycles. The highest BCUT2D eigenvalue weighted by molar-refractivity contribution is 7.86. The van der Waals surface area contributed by atoms with Gasteiger partial charge in [0.05, 0.1) is 24.2 Å². The van der Waals surface area contributed by atoms with Crippen molar-refractivity contribution in [2.24, 2.45) is 0 Å². The molecule has 2 fully saturated rings. The molecule has 22 heavy (non-hydrogen) atoms. The minimum atomic E-state index is -3.68. The predicted molar refractivity (Wildman–Crippen MR) is 81.0 cm³/mol. The summed E-state index contributed by atoms with van der Waals surface area (Å²) in [5.74, 6) is -0.402. The summed E-state index contributed by atoms with van der Waals surface area (Å²) in [6, 6.07) is 6.66. The van der Waals surface area contributed by atoms with Crippen molar-refractivity contribution in [3.8, 4) is 0 Å². The molecule has 122 valence electrons. The van der Waals surface area contributed by atoms with Crippen LogP contribution in [0.15, 0.2) is 29.2 Å². The summed E-state index contributed by atoms with van der Waals surface area (Å²) in [6.07, 6.45) is 4.34. The molecular weight excluding hydrogens is 304 g/mol. The van der Waals surface area contributed by atoms with Crippen molar-refractivity contribution in [2.75, 3.05) is 13.2 Å². The molecule has 0 saturated carbocycles. The Hall–Kier alpha value is -0.950. The molecule has 1 aromatic carbocycles. The second-order valence-electron chi connectivity index (χ2n) is 6.02. The molecule has 0 bridgehead atoms. The van der Waals surface area contributed by atoms with Crippen LogP contribution in [0, 0.1) is 6.92 Å². The molecule has 0 unspecified atom stereocenters. The van der Waals surface area contributed by atoms with E-state index in [0.717, 1.165) is 37.9 Å². The van der Waals surface area contributed by atoms with Gasteiger partial charge in [0.15, 0.2) is 5.79 Å². The lowest BCUT2D eigenvalue weighted by Gasteiger charge is -2.23. The van der Waals surface area contributed by atoms with Gasteiger partial charge in [0.25, 0.3) is 10.1 Å². The molecule has 2 aliphatic rings. The van der Waals surface area contributed by atoms with E-state index in [4.69, 9.17) is 13.7 Å². The molecule has 0 radical (unpaired) electrons. The van der Waals surface area contributed by atoms with Crippen LogP contribution in [0.1, 0.15) is 37.7 Å². The van der Waals surface area contributed by atoms with Crippen molar-refractivity contribution in [3.63, 3.8) is 0 Å². The van der Waals surface area contributed by atoms with Crippen LogP contribution in [-0.2, 0) is 23.8 Å². The van der Waals surface area contributed by atoms with E-state index in [0.29, 0.717) is 6.42 Å². The predicted octanol–water partition coefficient (Wildman–Crippen LogP) is 2.78. The van der Waals surface area contributed by atoms with Gasteiger partial charge in [0, 0.05) is 12.8 Å². The Morgan fingerprint density at radius 2 is 2.05 bits per heavy atom. The third-order valence-corrected chi connectivity index (χ3v) is 5.61. The molecule has 0 amide bonds. The maximum atomic E-state index is 12.1. The van der Waals surface area contributed by atoms with E-state index in [1.165, 1.54) is 0 Å². The summed E-state index contributed by atoms with van der Waals surface area (Å²) in [4.78, 5) is 0.195. The van der Waals surface area contributed by atoms with E-state index in [1.54, 1.807) is 24.3 Å². The van der Waals surface area contributed by atoms with Gasteiger partial charge in [-0.1, -0.05) is 17.7 Å². The molecule has 5 nitrogen and oxygen atoms in total. The van der Waals surface area contributed by atoms with Crippen LogP contribution in [0.3, 0.4) is 0 Å². The second kappa shape index (κ2) is 6.28. The molecule has 1 aromatic rings. The van der Waals surface area contributed by atoms with Gasteiger partial charge in [-0.15, -0.1) is 0 Å². The lowest BCUT2D eigenvalue weighted by Crippen LogP contribution is -2.28. The first-order chi connectivity index (χ1) is 10.5. The summed E-state index contributed by atoms with van der Waals surface area (Å²) in [5, 5.41) is 0. The van der Waals surface area contributed by atoms with Gasteiger partial charge < -0.3 is 9.47 Å². The van der Waals surface area contributed by atoms with E-state index in [-0.39, 0.29) is 17.6 Å². The van der Waals surface area contributed by atoms with E-state index in [1.807, 2.05) is 6.92 Å². The van der Waals surface area contributed by atoms with Crippen LogP contribution in [0.25, 0.3) is 0 Å². The molecule has 2 heterocycles. The number of rotatable bonds is 5. The number of benzene rings is 1. The zero-order valence-corrected chi connectivity index (χ0v) is 13.6. The average molecular weight is 326 g/mol. The van der Waals surface area contributed by atoms with Crippen molar-refractivity contribution in [3.05, 3.63) is 29.8 Å². The van der Waals surface area contributed by atoms with Gasteiger partial charge in [-0.3, -0.25) is 4.18 Å². The number of ether oxygens (including phenoxy) is 2. The van der Waals surface area contributed by atoms with E-state index in [9.17, 15) is 8.42 Å². The Morgan fingerprint density at radius 1 is 1.27 bits per heavy atom. The van der Waals surface area contributed by atoms with Crippen molar-refractivity contribution in [2.45, 2.75) is 55.8 Å². The molecule has 1 spiro atoms. The third kappa shape index (κ3) is 3.51. The number of hydrogen-bond acceptors (Lipinski definition) is 5. The molecule has 2 saturated heterocycles. The fourth-order valence-electron chi connectivity index (χ4n) is 3.03. The molecular formula is C16H22O5S. The van der Waals surface area contributed by atoms with Crippen molar-refractivity contribution in [1.82, 2.24) is 0 Å². The highest BCUT2D eigenvalue weighted by Gasteiger charge is 2.43. The lowest BCUT2D eigenvalue weighted by molar-refractivity contribution is -0.200. The Balaban J connectivity index is 1.49. The van der Waals surface area contributed by atoms with Crippen LogP contribution < -0.4 is 0 Å². The first kappa shape index (κ1) is 15.9. The summed E-state index contributed by atoms with van der Waals surface area (Å²) in [7, 11) is -3.68. The van der Waals surface area contributed by atoms with Crippen LogP contribution in [0.5, 0.6) is 0 Å². The normalized spacial score (nSPS) is 28.5. The first-order valence-corrected chi connectivity index (χ1v) is 9.18. The Labute approximate surface area is 131 Å². The monoisotopic (exact) mass is 326 g/mol. The highest BCUT2D eigenvalue weighted by atomic mass is 32.2. The standard InChI is InChI=1S/C16H22O5S/c1-13-3-5-15(6-4-13)22(17,18)20-12-8-14-7-10-16(21-14)9-2-11-19-16/h3-6,14H,2,7-12H2,1H3/t14-,16-/m1/s1. The van der Waals surface area contributed by atoms with Gasteiger partial charge in [-0.05, 0) is 38.3 Å². The smallest absolute Gasteiger partial charge is 0.296 e. The first-order valence-electron chi connectivity index (χ1n) is 7.77. The van der Waals surface area contributed by atoms with E-state index >= 15 is 0 Å². The van der Waals surface area contributed by atoms with Crippen LogP contribution in [0.4, 0.5) is 0 Å². The maximum Gasteiger partial charge on any atom is 0.296 e. The van der Waals surface area contributed by atoms with Crippen molar-refractivity contribution in [1.29, 1.82) is 0 Å². The Kier molecular flexibility index (Phi) is 4.54. The van der Waals surface area contributed by atoms with Crippen molar-refractivity contribution >= 4 is 10.1 Å². The number of hydrogen-bond donors (Lipinski definition) is 0. The largest absolute Gasteiger partial charge is 0.350 e. The fourth-order valence-corrected chi connectivity index (χ4v) is 3.95. The highest BCUT2D eigenvalue weighted by Crippen LogP contribution is 2.40. The molecule has 6 heteroatoms. The molecule has 0 N–H and O–H groups in total. The van der Waals surface area contributed by atoms with Gasteiger partial charge in [-0.2, -0.15) is 8.42 Å². The summed E-state index contributed by atoms with van der Waals surface area (Å²) in [5.41, 5.74) is 1.01. The van der Waals surface area contributed by atoms with Crippen LogP contribution in [-0.4, -0.2) is 33.5 Å². The summed E-state index contributed by atoms with van der Waals surface area (Å²) < 4.78 is 40.9. The van der Waals surface area contributed by atoms with Gasteiger partial charge in [0.2, 0.25) is 0 Å². The third-order valence-electron chi connectivity index (χ3n) is 4.28. The average Bonchev–Trinajstić information content (AvgIpc) is 3.10. The minimum Gasteiger partial charge on any atom is -0.350 e. The Morgan fingerprint density at radius 3 is 2.73 bits per heavy atom. The molecule has 3 rings (SSSR count). The second-order valence-corrected chi connectivity index (χ2v) is 7.63. The van der Waals surface area contributed by atoms with Crippen LogP contribution in [0.2, 0.25) is 0 Å². The maximum absolute atomic E-state index is 12.1. The van der Waals surface area contributed by atoms with E-state index in [2.05, 4.69) is 0 Å².